The molecule has 1 saturated heterocycles. The molecule has 3 rings (SSSR count). The van der Waals surface area contributed by atoms with Crippen LogP contribution in [0.15, 0.2) is 30.3 Å². The van der Waals surface area contributed by atoms with Gasteiger partial charge in [-0.3, -0.25) is 9.69 Å². The lowest BCUT2D eigenvalue weighted by Crippen LogP contribution is -2.48. The van der Waals surface area contributed by atoms with E-state index in [1.807, 2.05) is 13.0 Å². The molecule has 1 aromatic carbocycles. The molecule has 1 aromatic heterocycles. The average molecular weight is 453 g/mol. The number of rotatable bonds is 8. The largest absolute Gasteiger partial charge is 0.374 e. The molecule has 1 atom stereocenters. The van der Waals surface area contributed by atoms with Crippen LogP contribution in [-0.4, -0.2) is 55.7 Å². The highest BCUT2D eigenvalue weighted by Crippen LogP contribution is 2.16. The second-order valence-corrected chi connectivity index (χ2v) is 8.33. The summed E-state index contributed by atoms with van der Waals surface area (Å²) in [5, 5.41) is 8.29. The summed E-state index contributed by atoms with van der Waals surface area (Å²) in [7, 11) is 0. The second kappa shape index (κ2) is 11.2. The van der Waals surface area contributed by atoms with Gasteiger partial charge in [0.2, 0.25) is 0 Å². The molecule has 0 aliphatic carbocycles. The van der Waals surface area contributed by atoms with Gasteiger partial charge in [-0.25, -0.2) is 13.6 Å². The Morgan fingerprint density at radius 1 is 1.16 bits per heavy atom. The second-order valence-electron chi connectivity index (χ2n) is 7.17. The highest BCUT2D eigenvalue weighted by atomic mass is 32.1. The zero-order valence-electron chi connectivity index (χ0n) is 17.2. The van der Waals surface area contributed by atoms with Gasteiger partial charge in [0, 0.05) is 37.6 Å². The van der Waals surface area contributed by atoms with E-state index in [1.54, 1.807) is 12.1 Å². The predicted octanol–water partition coefficient (Wildman–Crippen LogP) is 2.48. The summed E-state index contributed by atoms with van der Waals surface area (Å²) >= 11 is 1.34. The average Bonchev–Trinajstić information content (AvgIpc) is 3.23. The van der Waals surface area contributed by atoms with E-state index in [4.69, 9.17) is 4.74 Å². The van der Waals surface area contributed by atoms with E-state index in [0.717, 1.165) is 10.9 Å². The van der Waals surface area contributed by atoms with Crippen molar-refractivity contribution in [3.63, 3.8) is 0 Å². The van der Waals surface area contributed by atoms with Crippen molar-refractivity contribution in [3.05, 3.63) is 57.3 Å². The number of nitrogens with one attached hydrogen (secondary N) is 3. The standard InChI is InChI=1S/C21H26F2N4O3S/c1-2-24-20(28)19-6-4-16(31-19)11-26-21(29)25-10-15-13-27(7-8-30-15)12-14-3-5-17(22)18(23)9-14/h3-6,9,15H,2,7-8,10-13H2,1H3,(H,24,28)(H2,25,26,29)/t15-/m0/s1. The number of nitrogens with zero attached hydrogens (tertiary/aromatic N) is 1. The summed E-state index contributed by atoms with van der Waals surface area (Å²) in [5.74, 6) is -1.84. The van der Waals surface area contributed by atoms with Gasteiger partial charge in [-0.15, -0.1) is 11.3 Å². The molecule has 168 valence electrons. The number of thiophene rings is 1. The number of benzene rings is 1. The summed E-state index contributed by atoms with van der Waals surface area (Å²) in [6.07, 6.45) is -0.198. The summed E-state index contributed by atoms with van der Waals surface area (Å²) in [6.45, 7) is 5.29. The molecule has 0 radical (unpaired) electrons. The Morgan fingerprint density at radius 3 is 2.77 bits per heavy atom. The Kier molecular flexibility index (Phi) is 8.33. The Bertz CT molecular complexity index is 909. The first-order valence-corrected chi connectivity index (χ1v) is 10.9. The molecule has 3 N–H and O–H groups in total. The summed E-state index contributed by atoms with van der Waals surface area (Å²) in [5.41, 5.74) is 0.688. The maximum atomic E-state index is 13.4. The van der Waals surface area contributed by atoms with Crippen LogP contribution in [-0.2, 0) is 17.8 Å². The van der Waals surface area contributed by atoms with Crippen molar-refractivity contribution in [2.45, 2.75) is 26.1 Å². The van der Waals surface area contributed by atoms with E-state index in [9.17, 15) is 18.4 Å². The maximum absolute atomic E-state index is 13.4. The van der Waals surface area contributed by atoms with E-state index in [-0.39, 0.29) is 18.0 Å². The first-order valence-electron chi connectivity index (χ1n) is 10.1. The van der Waals surface area contributed by atoms with E-state index in [1.165, 1.54) is 17.4 Å². The lowest BCUT2D eigenvalue weighted by Gasteiger charge is -2.33. The van der Waals surface area contributed by atoms with Crippen LogP contribution in [0.3, 0.4) is 0 Å². The van der Waals surface area contributed by atoms with Crippen LogP contribution < -0.4 is 16.0 Å². The van der Waals surface area contributed by atoms with Crippen LogP contribution in [0.1, 0.15) is 27.0 Å². The van der Waals surface area contributed by atoms with Crippen molar-refractivity contribution < 1.29 is 23.1 Å². The molecular formula is C21H26F2N4O3S. The monoisotopic (exact) mass is 452 g/mol. The summed E-state index contributed by atoms with van der Waals surface area (Å²) < 4.78 is 32.2. The zero-order chi connectivity index (χ0) is 22.2. The first kappa shape index (κ1) is 23.1. The van der Waals surface area contributed by atoms with Crippen LogP contribution >= 0.6 is 11.3 Å². The van der Waals surface area contributed by atoms with Crippen molar-refractivity contribution in [1.29, 1.82) is 0 Å². The molecular weight excluding hydrogens is 426 g/mol. The van der Waals surface area contributed by atoms with Gasteiger partial charge in [-0.1, -0.05) is 6.07 Å². The van der Waals surface area contributed by atoms with E-state index in [2.05, 4.69) is 20.9 Å². The van der Waals surface area contributed by atoms with Crippen molar-refractivity contribution in [2.75, 3.05) is 32.8 Å². The fourth-order valence-corrected chi connectivity index (χ4v) is 4.09. The minimum atomic E-state index is -0.859. The van der Waals surface area contributed by atoms with Crippen molar-refractivity contribution >= 4 is 23.3 Å². The lowest BCUT2D eigenvalue weighted by atomic mass is 10.1. The molecule has 31 heavy (non-hydrogen) atoms. The third-order valence-electron chi connectivity index (χ3n) is 4.75. The summed E-state index contributed by atoms with van der Waals surface area (Å²) in [6, 6.07) is 7.12. The van der Waals surface area contributed by atoms with Crippen LogP contribution in [0.4, 0.5) is 13.6 Å². The molecule has 1 aliphatic heterocycles. The minimum Gasteiger partial charge on any atom is -0.374 e. The normalized spacial score (nSPS) is 16.7. The van der Waals surface area contributed by atoms with Gasteiger partial charge in [0.25, 0.3) is 5.91 Å². The fraction of sp³-hybridized carbons (Fsp3) is 0.429. The van der Waals surface area contributed by atoms with Gasteiger partial charge >= 0.3 is 6.03 Å². The lowest BCUT2D eigenvalue weighted by molar-refractivity contribution is -0.0287. The molecule has 2 aromatic rings. The van der Waals surface area contributed by atoms with E-state index in [0.29, 0.717) is 56.3 Å². The number of urea groups is 1. The van der Waals surface area contributed by atoms with Crippen molar-refractivity contribution in [2.24, 2.45) is 0 Å². The number of halogens is 2. The number of ether oxygens (including phenoxy) is 1. The van der Waals surface area contributed by atoms with Crippen LogP contribution in [0.25, 0.3) is 0 Å². The van der Waals surface area contributed by atoms with Crippen LogP contribution in [0, 0.1) is 11.6 Å². The topological polar surface area (TPSA) is 82.7 Å². The summed E-state index contributed by atoms with van der Waals surface area (Å²) in [4.78, 5) is 27.5. The highest BCUT2D eigenvalue weighted by molar-refractivity contribution is 7.14. The Hall–Kier alpha value is -2.56. The van der Waals surface area contributed by atoms with Crippen LogP contribution in [0.2, 0.25) is 0 Å². The van der Waals surface area contributed by atoms with Crippen molar-refractivity contribution in [1.82, 2.24) is 20.9 Å². The molecule has 1 aliphatic rings. The minimum absolute atomic E-state index is 0.120. The molecule has 0 spiro atoms. The zero-order valence-corrected chi connectivity index (χ0v) is 18.1. The third-order valence-corrected chi connectivity index (χ3v) is 5.83. The molecule has 10 heteroatoms. The first-order chi connectivity index (χ1) is 14.9. The van der Waals surface area contributed by atoms with Gasteiger partial charge in [0.05, 0.1) is 24.1 Å². The smallest absolute Gasteiger partial charge is 0.315 e. The Balaban J connectivity index is 1.39. The number of hydrogen-bond donors (Lipinski definition) is 3. The Morgan fingerprint density at radius 2 is 2.00 bits per heavy atom. The molecule has 2 heterocycles. The van der Waals surface area contributed by atoms with E-state index >= 15 is 0 Å². The fourth-order valence-electron chi connectivity index (χ4n) is 3.22. The van der Waals surface area contributed by atoms with Gasteiger partial charge < -0.3 is 20.7 Å². The SMILES string of the molecule is CCNC(=O)c1ccc(CNC(=O)NC[C@H]2CN(Cc3ccc(F)c(F)c3)CCO2)s1. The maximum Gasteiger partial charge on any atom is 0.315 e. The number of amides is 3. The third kappa shape index (κ3) is 6.98. The van der Waals surface area contributed by atoms with Crippen LogP contribution in [0.5, 0.6) is 0 Å². The number of morpholine rings is 1. The highest BCUT2D eigenvalue weighted by Gasteiger charge is 2.21. The van der Waals surface area contributed by atoms with Crippen molar-refractivity contribution in [3.8, 4) is 0 Å². The number of hydrogen-bond acceptors (Lipinski definition) is 5. The molecule has 1 fully saturated rings. The van der Waals surface area contributed by atoms with Gasteiger partial charge in [-0.05, 0) is 36.8 Å². The van der Waals surface area contributed by atoms with Gasteiger partial charge in [-0.2, -0.15) is 0 Å². The molecule has 0 unspecified atom stereocenters. The number of carbonyl (C=O) groups excluding carboxylic acids is 2. The number of carbonyl (C=O) groups is 2. The molecule has 0 saturated carbocycles. The quantitative estimate of drug-likeness (QED) is 0.575. The predicted molar refractivity (Wildman–Crippen MR) is 114 cm³/mol. The molecule has 0 bridgehead atoms. The molecule has 7 nitrogen and oxygen atoms in total. The van der Waals surface area contributed by atoms with Gasteiger partial charge in [0.15, 0.2) is 11.6 Å². The van der Waals surface area contributed by atoms with E-state index < -0.39 is 11.6 Å². The Labute approximate surface area is 183 Å². The molecule has 3 amide bonds. The van der Waals surface area contributed by atoms with Gasteiger partial charge in [0.1, 0.15) is 0 Å².